The van der Waals surface area contributed by atoms with Gasteiger partial charge in [-0.1, -0.05) is 49.6 Å². The smallest absolute Gasteiger partial charge is 0.453 e. The Morgan fingerprint density at radius 1 is 1.02 bits per heavy atom. The molecule has 224 valence electrons. The highest BCUT2D eigenvalue weighted by Crippen LogP contribution is 2.50. The van der Waals surface area contributed by atoms with E-state index in [-0.39, 0.29) is 35.0 Å². The highest BCUT2D eigenvalue weighted by Gasteiger charge is 2.56. The van der Waals surface area contributed by atoms with Gasteiger partial charge in [-0.05, 0) is 49.4 Å². The minimum absolute atomic E-state index is 0.0915. The van der Waals surface area contributed by atoms with Crippen LogP contribution < -0.4 is 4.74 Å². The summed E-state index contributed by atoms with van der Waals surface area (Å²) in [4.78, 5) is 0. The highest BCUT2D eigenvalue weighted by atomic mass is 32.2. The number of aromatic hydroxyl groups is 2. The average molecular weight is 593 g/mol. The Kier molecular flexibility index (Phi) is 11.0. The SMILES string of the molecule is CCCC(OCCCC[S+]([O-])CCCC(F)(F)C(F)(F)F)C1c2ccc(O)cc2OCC1(C)c1ccc(O)cc1. The zero-order valence-electron chi connectivity index (χ0n) is 22.7. The van der Waals surface area contributed by atoms with Crippen LogP contribution in [0.25, 0.3) is 0 Å². The van der Waals surface area contributed by atoms with Crippen LogP contribution in [0.3, 0.4) is 0 Å². The molecule has 0 aliphatic carbocycles. The van der Waals surface area contributed by atoms with Crippen LogP contribution in [-0.4, -0.2) is 57.7 Å². The van der Waals surface area contributed by atoms with E-state index in [2.05, 4.69) is 13.8 Å². The molecule has 1 heterocycles. The predicted octanol–water partition coefficient (Wildman–Crippen LogP) is 7.22. The molecule has 4 unspecified atom stereocenters. The second-order valence-corrected chi connectivity index (χ2v) is 12.2. The molecule has 5 nitrogen and oxygen atoms in total. The van der Waals surface area contributed by atoms with Crippen molar-refractivity contribution < 1.29 is 46.2 Å². The van der Waals surface area contributed by atoms with E-state index in [1.807, 2.05) is 18.2 Å². The average Bonchev–Trinajstić information content (AvgIpc) is 2.87. The van der Waals surface area contributed by atoms with Gasteiger partial charge in [0.15, 0.2) is 0 Å². The highest BCUT2D eigenvalue weighted by molar-refractivity contribution is 7.91. The van der Waals surface area contributed by atoms with Gasteiger partial charge in [-0.15, -0.1) is 0 Å². The predicted molar refractivity (Wildman–Crippen MR) is 144 cm³/mol. The summed E-state index contributed by atoms with van der Waals surface area (Å²) < 4.78 is 87.6. The Labute approximate surface area is 234 Å². The van der Waals surface area contributed by atoms with Crippen molar-refractivity contribution in [2.24, 2.45) is 0 Å². The summed E-state index contributed by atoms with van der Waals surface area (Å²) in [7, 11) is 0. The summed E-state index contributed by atoms with van der Waals surface area (Å²) in [6, 6.07) is 12.0. The molecule has 0 saturated carbocycles. The van der Waals surface area contributed by atoms with Crippen LogP contribution in [0.2, 0.25) is 0 Å². The first-order valence-corrected chi connectivity index (χ1v) is 14.9. The molecular weight excluding hydrogens is 555 g/mol. The minimum atomic E-state index is -5.59. The number of phenols is 2. The summed E-state index contributed by atoms with van der Waals surface area (Å²) in [5.41, 5.74) is 1.34. The summed E-state index contributed by atoms with van der Waals surface area (Å²) in [5.74, 6) is -4.10. The third kappa shape index (κ3) is 7.94. The number of ether oxygens (including phenoxy) is 2. The summed E-state index contributed by atoms with van der Waals surface area (Å²) in [5, 5.41) is 19.8. The Balaban J connectivity index is 1.63. The number of benzene rings is 2. The van der Waals surface area contributed by atoms with Crippen molar-refractivity contribution in [2.75, 3.05) is 24.7 Å². The lowest BCUT2D eigenvalue weighted by atomic mass is 9.65. The second kappa shape index (κ2) is 13.6. The summed E-state index contributed by atoms with van der Waals surface area (Å²) in [6.07, 6.45) is -5.06. The molecule has 3 rings (SSSR count). The summed E-state index contributed by atoms with van der Waals surface area (Å²) in [6.45, 7) is 4.81. The van der Waals surface area contributed by atoms with Gasteiger partial charge in [-0.2, -0.15) is 22.0 Å². The molecule has 0 bridgehead atoms. The van der Waals surface area contributed by atoms with Crippen LogP contribution >= 0.6 is 0 Å². The number of rotatable bonds is 14. The zero-order chi connectivity index (χ0) is 29.6. The fraction of sp³-hybridized carbons (Fsp3) is 0.586. The molecule has 0 aromatic heterocycles. The first kappa shape index (κ1) is 32.3. The first-order chi connectivity index (χ1) is 18.8. The fourth-order valence-electron chi connectivity index (χ4n) is 5.21. The first-order valence-electron chi connectivity index (χ1n) is 13.4. The molecule has 2 N–H and O–H groups in total. The van der Waals surface area contributed by atoms with Gasteiger partial charge < -0.3 is 24.2 Å². The summed E-state index contributed by atoms with van der Waals surface area (Å²) >= 11 is -1.49. The van der Waals surface area contributed by atoms with Gasteiger partial charge in [0.25, 0.3) is 0 Å². The van der Waals surface area contributed by atoms with Gasteiger partial charge in [-0.3, -0.25) is 0 Å². The lowest BCUT2D eigenvalue weighted by Crippen LogP contribution is -2.46. The van der Waals surface area contributed by atoms with Crippen LogP contribution in [-0.2, 0) is 21.3 Å². The Morgan fingerprint density at radius 2 is 1.68 bits per heavy atom. The third-order valence-electron chi connectivity index (χ3n) is 7.39. The number of unbranched alkanes of at least 4 members (excludes halogenated alkanes) is 1. The number of phenolic OH excluding ortho intramolecular Hbond substituents is 2. The van der Waals surface area contributed by atoms with Gasteiger partial charge >= 0.3 is 12.1 Å². The normalized spacial score (nSPS) is 20.9. The molecule has 0 fully saturated rings. The van der Waals surface area contributed by atoms with Gasteiger partial charge in [0, 0.05) is 36.0 Å². The molecule has 0 amide bonds. The van der Waals surface area contributed by atoms with Crippen molar-refractivity contribution in [1.29, 1.82) is 0 Å². The molecule has 0 radical (unpaired) electrons. The Morgan fingerprint density at radius 3 is 2.33 bits per heavy atom. The molecule has 2 aromatic carbocycles. The van der Waals surface area contributed by atoms with E-state index in [0.717, 1.165) is 24.0 Å². The van der Waals surface area contributed by atoms with E-state index in [9.17, 15) is 36.7 Å². The van der Waals surface area contributed by atoms with E-state index in [1.54, 1.807) is 24.3 Å². The fourth-order valence-corrected chi connectivity index (χ4v) is 6.41. The van der Waals surface area contributed by atoms with Crippen LogP contribution in [0.15, 0.2) is 42.5 Å². The Bertz CT molecular complexity index is 1080. The van der Waals surface area contributed by atoms with Gasteiger partial charge in [0.1, 0.15) is 28.8 Å². The number of hydrogen-bond donors (Lipinski definition) is 2. The molecule has 0 spiro atoms. The van der Waals surface area contributed by atoms with E-state index >= 15 is 0 Å². The van der Waals surface area contributed by atoms with Crippen molar-refractivity contribution in [1.82, 2.24) is 0 Å². The lowest BCUT2D eigenvalue weighted by molar-refractivity contribution is -0.284. The van der Waals surface area contributed by atoms with Crippen LogP contribution in [0.5, 0.6) is 17.2 Å². The quantitative estimate of drug-likeness (QED) is 0.138. The molecule has 1 aliphatic heterocycles. The monoisotopic (exact) mass is 592 g/mol. The van der Waals surface area contributed by atoms with E-state index in [1.165, 1.54) is 0 Å². The van der Waals surface area contributed by atoms with Gasteiger partial charge in [0.2, 0.25) is 0 Å². The topological polar surface area (TPSA) is 82.0 Å². The van der Waals surface area contributed by atoms with Crippen LogP contribution in [0, 0.1) is 0 Å². The lowest BCUT2D eigenvalue weighted by Gasteiger charge is -2.46. The molecule has 1 aliphatic rings. The molecule has 0 saturated heterocycles. The van der Waals surface area contributed by atoms with E-state index in [4.69, 9.17) is 9.47 Å². The van der Waals surface area contributed by atoms with Gasteiger partial charge in [0.05, 0.1) is 12.7 Å². The van der Waals surface area contributed by atoms with Crippen LogP contribution in [0.1, 0.15) is 69.4 Å². The Hall–Kier alpha value is -2.24. The molecule has 11 heteroatoms. The van der Waals surface area contributed by atoms with Crippen molar-refractivity contribution in [3.8, 4) is 17.2 Å². The standard InChI is InChI=1S/C29H37F5O5S/c1-3-7-24(38-15-4-5-16-40(37)17-6-14-28(30,31)29(32,33)34)26-23-13-12-22(36)18-25(23)39-19-27(26,2)20-8-10-21(35)11-9-20/h8-13,18,24,26,35-36H,3-7,14-17,19H2,1-2H3. The van der Waals surface area contributed by atoms with Crippen LogP contribution in [0.4, 0.5) is 22.0 Å². The number of fused-ring (bicyclic) bond motifs is 1. The number of hydrogen-bond acceptors (Lipinski definition) is 5. The molecule has 4 atom stereocenters. The maximum Gasteiger partial charge on any atom is 0.453 e. The van der Waals surface area contributed by atoms with Crippen molar-refractivity contribution in [2.45, 2.75) is 81.9 Å². The number of halogens is 5. The minimum Gasteiger partial charge on any atom is -0.616 e. The van der Waals surface area contributed by atoms with Gasteiger partial charge in [-0.25, -0.2) is 0 Å². The second-order valence-electron chi connectivity index (χ2n) is 10.5. The number of alkyl halides is 5. The zero-order valence-corrected chi connectivity index (χ0v) is 23.5. The van der Waals surface area contributed by atoms with E-state index in [0.29, 0.717) is 31.8 Å². The van der Waals surface area contributed by atoms with E-state index < -0.39 is 41.5 Å². The third-order valence-corrected chi connectivity index (χ3v) is 8.88. The maximum absolute atomic E-state index is 13.0. The van der Waals surface area contributed by atoms with Crippen molar-refractivity contribution in [3.05, 3.63) is 53.6 Å². The van der Waals surface area contributed by atoms with Crippen molar-refractivity contribution >= 4 is 11.2 Å². The molecule has 40 heavy (non-hydrogen) atoms. The molecular formula is C29H37F5O5S. The largest absolute Gasteiger partial charge is 0.616 e. The maximum atomic E-state index is 13.0. The van der Waals surface area contributed by atoms with Crippen molar-refractivity contribution in [3.63, 3.8) is 0 Å². The molecule has 2 aromatic rings.